The summed E-state index contributed by atoms with van der Waals surface area (Å²) < 4.78 is 2.00. The van der Waals surface area contributed by atoms with Crippen LogP contribution < -0.4 is 5.32 Å². The smallest absolute Gasteiger partial charge is 0.110 e. The van der Waals surface area contributed by atoms with Gasteiger partial charge in [-0.3, -0.25) is 0 Å². The van der Waals surface area contributed by atoms with Crippen molar-refractivity contribution in [3.8, 4) is 5.69 Å². The first-order valence-corrected chi connectivity index (χ1v) is 6.32. The predicted molar refractivity (Wildman–Crippen MR) is 73.5 cm³/mol. The van der Waals surface area contributed by atoms with Gasteiger partial charge in [0.15, 0.2) is 0 Å². The highest BCUT2D eigenvalue weighted by Crippen LogP contribution is 2.16. The molecule has 0 aliphatic carbocycles. The zero-order chi connectivity index (χ0) is 13.0. The predicted octanol–water partition coefficient (Wildman–Crippen LogP) is 2.19. The molecule has 1 aromatic carbocycles. The molecule has 0 fully saturated rings. The molecule has 96 valence electrons. The molecule has 0 bridgehead atoms. The van der Waals surface area contributed by atoms with Crippen molar-refractivity contribution in [2.45, 2.75) is 13.0 Å². The lowest BCUT2D eigenvalue weighted by Gasteiger charge is -2.12. The Labute approximate surface area is 111 Å². The summed E-state index contributed by atoms with van der Waals surface area (Å²) in [5, 5.41) is 12.6. The Morgan fingerprint density at radius 2 is 2.33 bits per heavy atom. The van der Waals surface area contributed by atoms with Crippen LogP contribution in [-0.4, -0.2) is 33.2 Å². The van der Waals surface area contributed by atoms with E-state index in [1.54, 1.807) is 6.20 Å². The fraction of sp³-hybridized carbons (Fsp3) is 0.308. The molecule has 0 amide bonds. The van der Waals surface area contributed by atoms with Crippen LogP contribution in [0.3, 0.4) is 0 Å². The molecular weight excluding hydrogens is 250 g/mol. The molecule has 1 aromatic heterocycles. The summed E-state index contributed by atoms with van der Waals surface area (Å²) in [6.07, 6.45) is 3.15. The maximum atomic E-state index is 9.41. The lowest BCUT2D eigenvalue weighted by molar-refractivity contribution is 0.211. The van der Waals surface area contributed by atoms with Gasteiger partial charge in [0, 0.05) is 30.3 Å². The van der Waals surface area contributed by atoms with Crippen molar-refractivity contribution in [2.75, 3.05) is 17.7 Å². The Bertz CT molecular complexity index is 512. The number of aromatic nitrogens is 2. The molecule has 1 heterocycles. The molecule has 0 radical (unpaired) electrons. The molecule has 5 heteroatoms. The molecular formula is C13H16ClN3O. The van der Waals surface area contributed by atoms with Crippen LogP contribution in [0, 0.1) is 6.92 Å². The van der Waals surface area contributed by atoms with Crippen LogP contribution in [0.15, 0.2) is 36.7 Å². The average molecular weight is 266 g/mol. The molecule has 1 atom stereocenters. The SMILES string of the molecule is Cc1nccn1-c1cccc(NCC(O)CCl)c1. The first-order chi connectivity index (χ1) is 8.70. The molecule has 1 unspecified atom stereocenters. The highest BCUT2D eigenvalue weighted by Gasteiger charge is 2.03. The number of aryl methyl sites for hydroxylation is 1. The average Bonchev–Trinajstić information content (AvgIpc) is 2.82. The number of alkyl halides is 1. The highest BCUT2D eigenvalue weighted by molar-refractivity contribution is 6.18. The molecule has 0 spiro atoms. The molecule has 2 aromatic rings. The van der Waals surface area contributed by atoms with Crippen LogP contribution in [0.5, 0.6) is 0 Å². The van der Waals surface area contributed by atoms with Crippen molar-refractivity contribution in [3.63, 3.8) is 0 Å². The summed E-state index contributed by atoms with van der Waals surface area (Å²) in [4.78, 5) is 4.20. The molecule has 18 heavy (non-hydrogen) atoms. The molecule has 0 saturated heterocycles. The van der Waals surface area contributed by atoms with Gasteiger partial charge in [0.05, 0.1) is 12.0 Å². The van der Waals surface area contributed by atoms with E-state index in [-0.39, 0.29) is 5.88 Å². The number of rotatable bonds is 5. The summed E-state index contributed by atoms with van der Waals surface area (Å²) in [5.74, 6) is 1.17. The number of anilines is 1. The van der Waals surface area contributed by atoms with Gasteiger partial charge in [-0.25, -0.2) is 4.98 Å². The quantitative estimate of drug-likeness (QED) is 0.815. The maximum absolute atomic E-state index is 9.41. The number of nitrogens with zero attached hydrogens (tertiary/aromatic N) is 2. The van der Waals surface area contributed by atoms with E-state index in [4.69, 9.17) is 11.6 Å². The van der Waals surface area contributed by atoms with E-state index in [2.05, 4.69) is 10.3 Å². The fourth-order valence-electron chi connectivity index (χ4n) is 1.71. The molecule has 2 N–H and O–H groups in total. The minimum atomic E-state index is -0.537. The van der Waals surface area contributed by atoms with Crippen molar-refractivity contribution in [2.24, 2.45) is 0 Å². The molecule has 0 aliphatic heterocycles. The Balaban J connectivity index is 2.13. The van der Waals surface area contributed by atoms with Gasteiger partial charge < -0.3 is 15.0 Å². The van der Waals surface area contributed by atoms with Crippen LogP contribution in [0.25, 0.3) is 5.69 Å². The monoisotopic (exact) mass is 265 g/mol. The lowest BCUT2D eigenvalue weighted by atomic mass is 10.2. The van der Waals surface area contributed by atoms with Crippen molar-refractivity contribution in [3.05, 3.63) is 42.5 Å². The first kappa shape index (κ1) is 12.9. The second-order valence-electron chi connectivity index (χ2n) is 4.08. The van der Waals surface area contributed by atoms with Gasteiger partial charge in [-0.15, -0.1) is 11.6 Å². The Kier molecular flexibility index (Phi) is 4.23. The van der Waals surface area contributed by atoms with Gasteiger partial charge in [-0.1, -0.05) is 6.07 Å². The van der Waals surface area contributed by atoms with Gasteiger partial charge in [0.25, 0.3) is 0 Å². The van der Waals surface area contributed by atoms with E-state index in [9.17, 15) is 5.11 Å². The maximum Gasteiger partial charge on any atom is 0.110 e. The summed E-state index contributed by atoms with van der Waals surface area (Å²) in [7, 11) is 0. The van der Waals surface area contributed by atoms with Gasteiger partial charge in [-0.05, 0) is 25.1 Å². The van der Waals surface area contributed by atoms with Crippen LogP contribution in [-0.2, 0) is 0 Å². The zero-order valence-electron chi connectivity index (χ0n) is 10.2. The van der Waals surface area contributed by atoms with Crippen LogP contribution in [0.4, 0.5) is 5.69 Å². The van der Waals surface area contributed by atoms with E-state index < -0.39 is 6.10 Å². The normalized spacial score (nSPS) is 12.4. The van der Waals surface area contributed by atoms with Crippen molar-refractivity contribution >= 4 is 17.3 Å². The first-order valence-electron chi connectivity index (χ1n) is 5.79. The molecule has 0 aliphatic rings. The topological polar surface area (TPSA) is 50.1 Å². The Morgan fingerprint density at radius 3 is 3.00 bits per heavy atom. The third-order valence-corrected chi connectivity index (χ3v) is 3.03. The molecule has 0 saturated carbocycles. The largest absolute Gasteiger partial charge is 0.390 e. The van der Waals surface area contributed by atoms with Gasteiger partial charge in [0.2, 0.25) is 0 Å². The number of hydrogen-bond donors (Lipinski definition) is 2. The Morgan fingerprint density at radius 1 is 1.50 bits per heavy atom. The van der Waals surface area contributed by atoms with Crippen molar-refractivity contribution in [1.82, 2.24) is 9.55 Å². The number of imidazole rings is 1. The minimum absolute atomic E-state index is 0.229. The highest BCUT2D eigenvalue weighted by atomic mass is 35.5. The standard InChI is InChI=1S/C13H16ClN3O/c1-10-15-5-6-17(10)12-4-2-3-11(7-12)16-9-13(18)8-14/h2-7,13,16,18H,8-9H2,1H3. The summed E-state index contributed by atoms with van der Waals surface area (Å²) in [6, 6.07) is 7.94. The van der Waals surface area contributed by atoms with E-state index >= 15 is 0 Å². The van der Waals surface area contributed by atoms with Crippen LogP contribution in [0.2, 0.25) is 0 Å². The van der Waals surface area contributed by atoms with Crippen LogP contribution in [0.1, 0.15) is 5.82 Å². The zero-order valence-corrected chi connectivity index (χ0v) is 10.9. The second kappa shape index (κ2) is 5.89. The van der Waals surface area contributed by atoms with E-state index in [1.165, 1.54) is 0 Å². The number of halogens is 1. The molecule has 4 nitrogen and oxygen atoms in total. The second-order valence-corrected chi connectivity index (χ2v) is 4.39. The van der Waals surface area contributed by atoms with Gasteiger partial charge >= 0.3 is 0 Å². The third-order valence-electron chi connectivity index (χ3n) is 2.67. The molecule has 2 rings (SSSR count). The fourth-order valence-corrected chi connectivity index (χ4v) is 1.82. The number of aliphatic hydroxyl groups is 1. The number of benzene rings is 1. The van der Waals surface area contributed by atoms with E-state index in [0.29, 0.717) is 6.54 Å². The minimum Gasteiger partial charge on any atom is -0.390 e. The van der Waals surface area contributed by atoms with E-state index in [1.807, 2.05) is 42.0 Å². The van der Waals surface area contributed by atoms with Gasteiger partial charge in [0.1, 0.15) is 5.82 Å². The van der Waals surface area contributed by atoms with Crippen molar-refractivity contribution < 1.29 is 5.11 Å². The number of hydrogen-bond acceptors (Lipinski definition) is 3. The van der Waals surface area contributed by atoms with Gasteiger partial charge in [-0.2, -0.15) is 0 Å². The van der Waals surface area contributed by atoms with E-state index in [0.717, 1.165) is 17.2 Å². The summed E-state index contributed by atoms with van der Waals surface area (Å²) >= 11 is 5.55. The summed E-state index contributed by atoms with van der Waals surface area (Å²) in [5.41, 5.74) is 1.99. The summed E-state index contributed by atoms with van der Waals surface area (Å²) in [6.45, 7) is 2.40. The third kappa shape index (κ3) is 3.03. The lowest BCUT2D eigenvalue weighted by Crippen LogP contribution is -2.20. The Hall–Kier alpha value is -1.52. The van der Waals surface area contributed by atoms with Crippen molar-refractivity contribution in [1.29, 1.82) is 0 Å². The number of nitrogens with one attached hydrogen (secondary N) is 1. The number of aliphatic hydroxyl groups excluding tert-OH is 1. The van der Waals surface area contributed by atoms with Crippen LogP contribution >= 0.6 is 11.6 Å².